The minimum Gasteiger partial charge on any atom is -0.465 e. The summed E-state index contributed by atoms with van der Waals surface area (Å²) in [4.78, 5) is 28.5. The summed E-state index contributed by atoms with van der Waals surface area (Å²) in [5, 5.41) is 14.9. The topological polar surface area (TPSA) is 104 Å². The highest BCUT2D eigenvalue weighted by Crippen LogP contribution is 2.30. The fourth-order valence-electron chi connectivity index (χ4n) is 3.51. The van der Waals surface area contributed by atoms with Crippen LogP contribution in [0.5, 0.6) is 0 Å². The van der Waals surface area contributed by atoms with E-state index >= 15 is 0 Å². The number of benzene rings is 2. The molecule has 7 nitrogen and oxygen atoms in total. The zero-order valence-electron chi connectivity index (χ0n) is 19.1. The number of nitriles is 1. The van der Waals surface area contributed by atoms with E-state index in [1.807, 2.05) is 63.2 Å². The van der Waals surface area contributed by atoms with Gasteiger partial charge in [0.05, 0.1) is 30.5 Å². The summed E-state index contributed by atoms with van der Waals surface area (Å²) in [6, 6.07) is 17.1. The van der Waals surface area contributed by atoms with Crippen LogP contribution in [-0.2, 0) is 9.53 Å². The van der Waals surface area contributed by atoms with Gasteiger partial charge in [-0.15, -0.1) is 0 Å². The number of esters is 1. The van der Waals surface area contributed by atoms with Crippen LogP contribution in [0.2, 0.25) is 0 Å². The number of pyridine rings is 1. The Morgan fingerprint density at radius 3 is 2.52 bits per heavy atom. The van der Waals surface area contributed by atoms with Crippen molar-refractivity contribution in [3.05, 3.63) is 77.0 Å². The predicted octanol–water partition coefficient (Wildman–Crippen LogP) is 5.18. The SMILES string of the molecule is COC(=O)c1ccc(C)cc1-c1ccc(C(C)Nc2nccc(C)c2NC(=O)CC#N)cc1. The molecule has 2 N–H and O–H groups in total. The van der Waals surface area contributed by atoms with Gasteiger partial charge >= 0.3 is 5.97 Å². The van der Waals surface area contributed by atoms with E-state index in [4.69, 9.17) is 10.00 Å². The second-order valence-electron chi connectivity index (χ2n) is 7.76. The van der Waals surface area contributed by atoms with Gasteiger partial charge in [0.2, 0.25) is 5.91 Å². The lowest BCUT2D eigenvalue weighted by Gasteiger charge is -2.19. The van der Waals surface area contributed by atoms with E-state index in [1.165, 1.54) is 7.11 Å². The molecule has 0 saturated carbocycles. The average molecular weight is 443 g/mol. The quantitative estimate of drug-likeness (QED) is 0.489. The van der Waals surface area contributed by atoms with Crippen molar-refractivity contribution in [3.63, 3.8) is 0 Å². The minimum absolute atomic E-state index is 0.113. The summed E-state index contributed by atoms with van der Waals surface area (Å²) in [6.45, 7) is 5.84. The zero-order valence-corrected chi connectivity index (χ0v) is 19.1. The molecule has 1 unspecified atom stereocenters. The van der Waals surface area contributed by atoms with Crippen molar-refractivity contribution < 1.29 is 14.3 Å². The lowest BCUT2D eigenvalue weighted by atomic mass is 9.96. The molecule has 1 atom stereocenters. The third kappa shape index (κ3) is 5.55. The molecule has 3 rings (SSSR count). The van der Waals surface area contributed by atoms with Gasteiger partial charge in [0, 0.05) is 6.20 Å². The second-order valence-corrected chi connectivity index (χ2v) is 7.76. The Morgan fingerprint density at radius 1 is 1.12 bits per heavy atom. The first-order valence-corrected chi connectivity index (χ1v) is 10.5. The van der Waals surface area contributed by atoms with Crippen LogP contribution < -0.4 is 10.6 Å². The highest BCUT2D eigenvalue weighted by atomic mass is 16.5. The molecule has 0 bridgehead atoms. The van der Waals surface area contributed by atoms with Gasteiger partial charge in [-0.3, -0.25) is 4.79 Å². The minimum atomic E-state index is -0.381. The summed E-state index contributed by atoms with van der Waals surface area (Å²) < 4.78 is 4.93. The van der Waals surface area contributed by atoms with Crippen LogP contribution in [0.25, 0.3) is 11.1 Å². The normalized spacial score (nSPS) is 11.2. The zero-order chi connectivity index (χ0) is 24.0. The summed E-state index contributed by atoms with van der Waals surface area (Å²) in [5.41, 5.74) is 5.70. The Kier molecular flexibility index (Phi) is 7.42. The van der Waals surface area contributed by atoms with E-state index in [0.29, 0.717) is 17.1 Å². The van der Waals surface area contributed by atoms with Gasteiger partial charge in [-0.1, -0.05) is 42.0 Å². The Balaban J connectivity index is 1.85. The lowest BCUT2D eigenvalue weighted by Crippen LogP contribution is -2.16. The van der Waals surface area contributed by atoms with E-state index in [2.05, 4.69) is 15.6 Å². The molecule has 0 aliphatic rings. The van der Waals surface area contributed by atoms with Crippen LogP contribution in [0.4, 0.5) is 11.5 Å². The highest BCUT2D eigenvalue weighted by Gasteiger charge is 2.16. The summed E-state index contributed by atoms with van der Waals surface area (Å²) in [6.07, 6.45) is 1.44. The molecule has 0 radical (unpaired) electrons. The van der Waals surface area contributed by atoms with Gasteiger partial charge in [0.15, 0.2) is 5.82 Å². The molecule has 0 spiro atoms. The number of amides is 1. The van der Waals surface area contributed by atoms with Crippen molar-refractivity contribution in [1.82, 2.24) is 4.98 Å². The smallest absolute Gasteiger partial charge is 0.338 e. The Morgan fingerprint density at radius 2 is 1.85 bits per heavy atom. The molecular formula is C26H26N4O3. The Hall–Kier alpha value is -4.18. The maximum atomic E-state index is 12.2. The number of hydrogen-bond acceptors (Lipinski definition) is 6. The number of nitrogens with zero attached hydrogens (tertiary/aromatic N) is 2. The van der Waals surface area contributed by atoms with Gasteiger partial charge in [-0.25, -0.2) is 9.78 Å². The van der Waals surface area contributed by atoms with Crippen molar-refractivity contribution >= 4 is 23.4 Å². The number of aryl methyl sites for hydroxylation is 2. The van der Waals surface area contributed by atoms with Crippen molar-refractivity contribution in [2.75, 3.05) is 17.7 Å². The Labute approximate surface area is 193 Å². The van der Waals surface area contributed by atoms with Crippen LogP contribution in [0, 0.1) is 25.2 Å². The molecule has 33 heavy (non-hydrogen) atoms. The number of rotatable bonds is 7. The molecular weight excluding hydrogens is 416 g/mol. The van der Waals surface area contributed by atoms with Crippen LogP contribution >= 0.6 is 0 Å². The van der Waals surface area contributed by atoms with Crippen molar-refractivity contribution in [2.45, 2.75) is 33.2 Å². The van der Waals surface area contributed by atoms with Crippen molar-refractivity contribution in [3.8, 4) is 17.2 Å². The number of carbonyl (C=O) groups excluding carboxylic acids is 2. The summed E-state index contributed by atoms with van der Waals surface area (Å²) in [7, 11) is 1.37. The van der Waals surface area contributed by atoms with Crippen molar-refractivity contribution in [2.24, 2.45) is 0 Å². The first kappa shape index (κ1) is 23.5. The third-order valence-electron chi connectivity index (χ3n) is 5.32. The molecule has 0 fully saturated rings. The van der Waals surface area contributed by atoms with E-state index in [-0.39, 0.29) is 24.3 Å². The standard InChI is InChI=1S/C26H26N4O3/c1-16-5-10-21(26(32)33-4)22(15-16)20-8-6-19(7-9-20)18(3)29-25-24(17(2)12-14-28-25)30-23(31)11-13-27/h5-10,12,14-15,18H,11H2,1-4H3,(H,28,29)(H,30,31). The van der Waals surface area contributed by atoms with E-state index in [1.54, 1.807) is 18.3 Å². The van der Waals surface area contributed by atoms with Gasteiger partial charge in [0.25, 0.3) is 0 Å². The monoisotopic (exact) mass is 442 g/mol. The number of aromatic nitrogens is 1. The maximum absolute atomic E-state index is 12.2. The number of carbonyl (C=O) groups is 2. The first-order valence-electron chi connectivity index (χ1n) is 10.5. The molecule has 1 heterocycles. The van der Waals surface area contributed by atoms with Gasteiger partial charge in [-0.2, -0.15) is 5.26 Å². The molecule has 1 amide bonds. The molecule has 2 aromatic carbocycles. The van der Waals surface area contributed by atoms with Crippen LogP contribution in [0.3, 0.4) is 0 Å². The van der Waals surface area contributed by atoms with E-state index < -0.39 is 0 Å². The average Bonchev–Trinajstić information content (AvgIpc) is 2.81. The van der Waals surface area contributed by atoms with E-state index in [0.717, 1.165) is 27.8 Å². The maximum Gasteiger partial charge on any atom is 0.338 e. The van der Waals surface area contributed by atoms with Gasteiger partial charge in [-0.05, 0) is 55.2 Å². The molecule has 0 saturated heterocycles. The number of hydrogen-bond donors (Lipinski definition) is 2. The molecule has 3 aromatic rings. The number of anilines is 2. The summed E-state index contributed by atoms with van der Waals surface area (Å²) >= 11 is 0. The fraction of sp³-hybridized carbons (Fsp3) is 0.231. The molecule has 0 aliphatic carbocycles. The Bertz CT molecular complexity index is 1210. The van der Waals surface area contributed by atoms with Crippen LogP contribution in [-0.4, -0.2) is 24.0 Å². The third-order valence-corrected chi connectivity index (χ3v) is 5.32. The number of nitrogens with one attached hydrogen (secondary N) is 2. The largest absolute Gasteiger partial charge is 0.465 e. The highest BCUT2D eigenvalue weighted by molar-refractivity contribution is 5.97. The van der Waals surface area contributed by atoms with Crippen molar-refractivity contribution in [1.29, 1.82) is 5.26 Å². The van der Waals surface area contributed by atoms with Crippen LogP contribution in [0.1, 0.15) is 46.4 Å². The summed E-state index contributed by atoms with van der Waals surface area (Å²) in [5.74, 6) is -0.224. The second kappa shape index (κ2) is 10.4. The van der Waals surface area contributed by atoms with Gasteiger partial charge in [0.1, 0.15) is 6.42 Å². The molecule has 1 aromatic heterocycles. The predicted molar refractivity (Wildman–Crippen MR) is 128 cm³/mol. The fourth-order valence-corrected chi connectivity index (χ4v) is 3.51. The number of ether oxygens (including phenoxy) is 1. The molecule has 0 aliphatic heterocycles. The van der Waals surface area contributed by atoms with E-state index in [9.17, 15) is 9.59 Å². The number of methoxy groups -OCH3 is 1. The van der Waals surface area contributed by atoms with Crippen LogP contribution in [0.15, 0.2) is 54.7 Å². The molecule has 7 heteroatoms. The van der Waals surface area contributed by atoms with Gasteiger partial charge < -0.3 is 15.4 Å². The molecule has 168 valence electrons. The first-order chi connectivity index (χ1) is 15.8. The lowest BCUT2D eigenvalue weighted by molar-refractivity contribution is -0.115.